The summed E-state index contributed by atoms with van der Waals surface area (Å²) in [6.45, 7) is 3.15. The second kappa shape index (κ2) is 7.96. The van der Waals surface area contributed by atoms with Crippen LogP contribution in [0, 0.1) is 0 Å². The summed E-state index contributed by atoms with van der Waals surface area (Å²) < 4.78 is 4.61. The van der Waals surface area contributed by atoms with Gasteiger partial charge in [0.1, 0.15) is 0 Å². The second-order valence-corrected chi connectivity index (χ2v) is 5.68. The first kappa shape index (κ1) is 13.8. The minimum atomic E-state index is -0.104. The second-order valence-electron chi connectivity index (χ2n) is 4.17. The molecule has 0 heterocycles. The maximum atomic E-state index is 10.9. The van der Waals surface area contributed by atoms with E-state index in [1.165, 1.54) is 32.1 Å². The van der Waals surface area contributed by atoms with Crippen molar-refractivity contribution in [2.45, 2.75) is 50.3 Å². The van der Waals surface area contributed by atoms with E-state index in [4.69, 9.17) is 0 Å². The highest BCUT2D eigenvalue weighted by Gasteiger charge is 2.26. The van der Waals surface area contributed by atoms with Gasteiger partial charge in [0.2, 0.25) is 0 Å². The van der Waals surface area contributed by atoms with E-state index in [1.807, 2.05) is 0 Å². The van der Waals surface area contributed by atoms with Gasteiger partial charge >= 0.3 is 5.97 Å². The van der Waals surface area contributed by atoms with Crippen molar-refractivity contribution in [3.05, 3.63) is 0 Å². The molecule has 0 aromatic rings. The van der Waals surface area contributed by atoms with E-state index < -0.39 is 0 Å². The highest BCUT2D eigenvalue weighted by Crippen LogP contribution is 2.29. The Balaban J connectivity index is 2.09. The van der Waals surface area contributed by atoms with Crippen LogP contribution in [-0.4, -0.2) is 36.7 Å². The zero-order valence-electron chi connectivity index (χ0n) is 10.3. The normalized spacial score (nSPS) is 24.6. The van der Waals surface area contributed by atoms with Crippen LogP contribution in [0.4, 0.5) is 0 Å². The Morgan fingerprint density at radius 3 is 3.00 bits per heavy atom. The molecule has 0 spiro atoms. The predicted molar refractivity (Wildman–Crippen MR) is 68.8 cm³/mol. The first-order valence-corrected chi connectivity index (χ1v) is 7.24. The van der Waals surface area contributed by atoms with Gasteiger partial charge in [-0.1, -0.05) is 13.3 Å². The van der Waals surface area contributed by atoms with Crippen LogP contribution in [0.25, 0.3) is 0 Å². The van der Waals surface area contributed by atoms with E-state index in [2.05, 4.69) is 28.7 Å². The summed E-state index contributed by atoms with van der Waals surface area (Å²) in [5.41, 5.74) is 0. The molecule has 0 aromatic heterocycles. The van der Waals surface area contributed by atoms with Crippen molar-refractivity contribution in [3.63, 3.8) is 0 Å². The summed E-state index contributed by atoms with van der Waals surface area (Å²) in [5.74, 6) is 1.10. The molecule has 0 radical (unpaired) electrons. The summed E-state index contributed by atoms with van der Waals surface area (Å²) in [7, 11) is 1.45. The Morgan fingerprint density at radius 1 is 1.50 bits per heavy atom. The lowest BCUT2D eigenvalue weighted by atomic mass is 10.2. The quantitative estimate of drug-likeness (QED) is 0.551. The number of methoxy groups -OCH3 is 1. The van der Waals surface area contributed by atoms with Crippen molar-refractivity contribution < 1.29 is 9.53 Å². The van der Waals surface area contributed by atoms with Crippen molar-refractivity contribution in [1.29, 1.82) is 0 Å². The molecule has 1 aliphatic carbocycles. The van der Waals surface area contributed by atoms with Gasteiger partial charge in [0, 0.05) is 17.7 Å². The molecule has 0 aliphatic heterocycles. The minimum absolute atomic E-state index is 0.104. The third kappa shape index (κ3) is 4.74. The fraction of sp³-hybridized carbons (Fsp3) is 0.917. The number of hydrogen-bond acceptors (Lipinski definition) is 4. The molecule has 94 valence electrons. The standard InChI is InChI=1S/C12H23NO2S/c1-3-16-11-7-4-6-10(11)13-9-5-8-12(14)15-2/h10-11,13H,3-9H2,1-2H3. The molecule has 0 amide bonds. The lowest BCUT2D eigenvalue weighted by molar-refractivity contribution is -0.140. The Hall–Kier alpha value is -0.220. The molecule has 0 bridgehead atoms. The van der Waals surface area contributed by atoms with E-state index >= 15 is 0 Å². The van der Waals surface area contributed by atoms with Gasteiger partial charge in [-0.25, -0.2) is 0 Å². The summed E-state index contributed by atoms with van der Waals surface area (Å²) in [4.78, 5) is 10.9. The molecule has 16 heavy (non-hydrogen) atoms. The van der Waals surface area contributed by atoms with Crippen molar-refractivity contribution in [3.8, 4) is 0 Å². The van der Waals surface area contributed by atoms with Crippen LogP contribution >= 0.6 is 11.8 Å². The van der Waals surface area contributed by atoms with E-state index in [0.717, 1.165) is 18.2 Å². The van der Waals surface area contributed by atoms with Crippen molar-refractivity contribution >= 4 is 17.7 Å². The fourth-order valence-corrected chi connectivity index (χ4v) is 3.42. The lowest BCUT2D eigenvalue weighted by Gasteiger charge is -2.19. The Labute approximate surface area is 103 Å². The topological polar surface area (TPSA) is 38.3 Å². The summed E-state index contributed by atoms with van der Waals surface area (Å²) in [5, 5.41) is 4.35. The third-order valence-corrected chi connectivity index (χ3v) is 4.35. The van der Waals surface area contributed by atoms with E-state index in [1.54, 1.807) is 0 Å². The molecule has 3 nitrogen and oxygen atoms in total. The van der Waals surface area contributed by atoms with Crippen molar-refractivity contribution in [2.75, 3.05) is 19.4 Å². The highest BCUT2D eigenvalue weighted by molar-refractivity contribution is 7.99. The van der Waals surface area contributed by atoms with E-state index in [-0.39, 0.29) is 5.97 Å². The maximum absolute atomic E-state index is 10.9. The molecule has 1 N–H and O–H groups in total. The lowest BCUT2D eigenvalue weighted by Crippen LogP contribution is -2.35. The van der Waals surface area contributed by atoms with Crippen molar-refractivity contribution in [1.82, 2.24) is 5.32 Å². The number of esters is 1. The van der Waals surface area contributed by atoms with E-state index in [9.17, 15) is 4.79 Å². The predicted octanol–water partition coefficient (Wildman–Crippen LogP) is 2.20. The number of ether oxygens (including phenoxy) is 1. The molecule has 1 aliphatic rings. The van der Waals surface area contributed by atoms with Crippen LogP contribution in [0.5, 0.6) is 0 Å². The van der Waals surface area contributed by atoms with Crippen LogP contribution in [0.3, 0.4) is 0 Å². The number of rotatable bonds is 7. The number of nitrogens with one attached hydrogen (secondary N) is 1. The van der Waals surface area contributed by atoms with Crippen LogP contribution in [0.1, 0.15) is 39.0 Å². The van der Waals surface area contributed by atoms with Crippen LogP contribution in [0.2, 0.25) is 0 Å². The van der Waals surface area contributed by atoms with Gasteiger partial charge in [0.15, 0.2) is 0 Å². The van der Waals surface area contributed by atoms with Gasteiger partial charge in [0.25, 0.3) is 0 Å². The zero-order valence-corrected chi connectivity index (χ0v) is 11.1. The number of carbonyl (C=O) groups excluding carboxylic acids is 1. The minimum Gasteiger partial charge on any atom is -0.469 e. The molecule has 2 unspecified atom stereocenters. The molecular formula is C12H23NO2S. The SMILES string of the molecule is CCSC1CCCC1NCCCC(=O)OC. The highest BCUT2D eigenvalue weighted by atomic mass is 32.2. The maximum Gasteiger partial charge on any atom is 0.305 e. The molecule has 1 rings (SSSR count). The fourth-order valence-electron chi connectivity index (χ4n) is 2.20. The smallest absolute Gasteiger partial charge is 0.305 e. The summed E-state index contributed by atoms with van der Waals surface area (Å²) >= 11 is 2.06. The Morgan fingerprint density at radius 2 is 2.31 bits per heavy atom. The third-order valence-electron chi connectivity index (χ3n) is 3.03. The number of hydrogen-bond donors (Lipinski definition) is 1. The van der Waals surface area contributed by atoms with Gasteiger partial charge in [-0.05, 0) is 31.6 Å². The van der Waals surface area contributed by atoms with Gasteiger partial charge < -0.3 is 10.1 Å². The molecule has 0 saturated heterocycles. The van der Waals surface area contributed by atoms with Gasteiger partial charge in [-0.2, -0.15) is 11.8 Å². The van der Waals surface area contributed by atoms with E-state index in [0.29, 0.717) is 12.5 Å². The first-order valence-electron chi connectivity index (χ1n) is 6.19. The molecular weight excluding hydrogens is 222 g/mol. The summed E-state index contributed by atoms with van der Waals surface area (Å²) in [6, 6.07) is 0.655. The molecule has 0 aromatic carbocycles. The number of thioether (sulfide) groups is 1. The average molecular weight is 245 g/mol. The first-order chi connectivity index (χ1) is 7.77. The van der Waals surface area contributed by atoms with Gasteiger partial charge in [-0.15, -0.1) is 0 Å². The van der Waals surface area contributed by atoms with Gasteiger partial charge in [-0.3, -0.25) is 4.79 Å². The van der Waals surface area contributed by atoms with Crippen LogP contribution in [-0.2, 0) is 9.53 Å². The largest absolute Gasteiger partial charge is 0.469 e. The number of carbonyl (C=O) groups is 1. The molecule has 1 fully saturated rings. The Bertz CT molecular complexity index is 211. The van der Waals surface area contributed by atoms with Crippen molar-refractivity contribution in [2.24, 2.45) is 0 Å². The molecule has 1 saturated carbocycles. The van der Waals surface area contributed by atoms with Gasteiger partial charge in [0.05, 0.1) is 7.11 Å². The van der Waals surface area contributed by atoms with Crippen LogP contribution < -0.4 is 5.32 Å². The van der Waals surface area contributed by atoms with Crippen LogP contribution in [0.15, 0.2) is 0 Å². The Kier molecular flexibility index (Phi) is 6.88. The summed E-state index contributed by atoms with van der Waals surface area (Å²) in [6.07, 6.45) is 5.38. The zero-order chi connectivity index (χ0) is 11.8. The average Bonchev–Trinajstić information content (AvgIpc) is 2.72. The molecule has 2 atom stereocenters. The monoisotopic (exact) mass is 245 g/mol. The molecule has 4 heteroatoms.